The molecule has 3 rings (SSSR count). The fraction of sp³-hybridized carbons (Fsp3) is 0.357. The van der Waals surface area contributed by atoms with E-state index in [1.807, 2.05) is 50.2 Å². The van der Waals surface area contributed by atoms with Crippen LogP contribution in [0, 0.1) is 0 Å². The molecule has 2 aromatic rings. The van der Waals surface area contributed by atoms with Crippen molar-refractivity contribution in [2.45, 2.75) is 51.7 Å². The van der Waals surface area contributed by atoms with Crippen LogP contribution in [0.3, 0.4) is 0 Å². The van der Waals surface area contributed by atoms with E-state index >= 15 is 0 Å². The second-order valence-corrected chi connectivity index (χ2v) is 8.50. The number of aliphatic hydroxyl groups excluding tert-OH is 1. The molecule has 0 spiro atoms. The molecule has 0 amide bonds. The minimum atomic E-state index is -4.34. The van der Waals surface area contributed by atoms with Crippen LogP contribution in [0.5, 0.6) is 0 Å². The molecule has 35 heavy (non-hydrogen) atoms. The molecule has 0 atom stereocenters. The Bertz CT molecular complexity index is 1020. The van der Waals surface area contributed by atoms with Crippen LogP contribution in [0.1, 0.15) is 61.3 Å². The summed E-state index contributed by atoms with van der Waals surface area (Å²) in [5, 5.41) is 12.2. The maximum Gasteiger partial charge on any atom is 0.416 e. The number of aliphatic hydroxyl groups is 1. The van der Waals surface area contributed by atoms with Crippen molar-refractivity contribution in [1.29, 1.82) is 0 Å². The largest absolute Gasteiger partial charge is 0.514 e. The van der Waals surface area contributed by atoms with E-state index in [9.17, 15) is 13.2 Å². The van der Waals surface area contributed by atoms with Crippen molar-refractivity contribution in [2.75, 3.05) is 19.0 Å². The maximum atomic E-state index is 12.9. The van der Waals surface area contributed by atoms with E-state index in [2.05, 4.69) is 5.32 Å². The first-order chi connectivity index (χ1) is 16.7. The molecule has 4 N–H and O–H groups in total. The quantitative estimate of drug-likeness (QED) is 0.271. The topological polar surface area (TPSA) is 61.5 Å². The molecule has 1 saturated carbocycles. The highest BCUT2D eigenvalue weighted by Crippen LogP contribution is 2.32. The Morgan fingerprint density at radius 3 is 2.29 bits per heavy atom. The lowest BCUT2D eigenvalue weighted by atomic mass is 9.94. The summed E-state index contributed by atoms with van der Waals surface area (Å²) in [6.07, 6.45) is 7.42. The van der Waals surface area contributed by atoms with E-state index in [-0.39, 0.29) is 0 Å². The van der Waals surface area contributed by atoms with Crippen molar-refractivity contribution in [1.82, 2.24) is 5.32 Å². The second kappa shape index (κ2) is 13.6. The Hall–Kier alpha value is -3.19. The normalized spacial score (nSPS) is 13.8. The molecular weight excluding hydrogens is 451 g/mol. The highest BCUT2D eigenvalue weighted by molar-refractivity contribution is 5.82. The van der Waals surface area contributed by atoms with Crippen LogP contribution in [0.15, 0.2) is 66.7 Å². The number of hydrogen-bond donors (Lipinski definition) is 3. The summed E-state index contributed by atoms with van der Waals surface area (Å²) < 4.78 is 38.6. The lowest BCUT2D eigenvalue weighted by Gasteiger charge is -2.19. The van der Waals surface area contributed by atoms with Crippen molar-refractivity contribution >= 4 is 17.3 Å². The minimum Gasteiger partial charge on any atom is -0.514 e. The van der Waals surface area contributed by atoms with Gasteiger partial charge in [0.05, 0.1) is 11.8 Å². The number of nitrogens with two attached hydrogens (primary N) is 1. The predicted octanol–water partition coefficient (Wildman–Crippen LogP) is 7.24. The van der Waals surface area contributed by atoms with E-state index in [0.717, 1.165) is 59.2 Å². The number of hydrogen-bond acceptors (Lipinski definition) is 4. The molecule has 0 radical (unpaired) electrons. The highest BCUT2D eigenvalue weighted by atomic mass is 19.4. The van der Waals surface area contributed by atoms with Gasteiger partial charge in [0.2, 0.25) is 0 Å². The van der Waals surface area contributed by atoms with Crippen LogP contribution >= 0.6 is 0 Å². The van der Waals surface area contributed by atoms with E-state index in [0.29, 0.717) is 6.54 Å². The molecule has 1 aliphatic carbocycles. The SMILES string of the molecule is CCC/C(=C\c1ccc(CNC)c(N(C)/C=C\O)c1)c1ccc(C(F)(F)F)cc1.NC=C1CCC1. The first kappa shape index (κ1) is 28.1. The number of nitrogens with zero attached hydrogens (tertiary/aromatic N) is 1. The molecular formula is C28H36F3N3O. The fourth-order valence-corrected chi connectivity index (χ4v) is 3.71. The van der Waals surface area contributed by atoms with E-state index in [4.69, 9.17) is 10.8 Å². The Kier molecular flexibility index (Phi) is 10.9. The van der Waals surface area contributed by atoms with Gasteiger partial charge in [-0.15, -0.1) is 0 Å². The third-order valence-corrected chi connectivity index (χ3v) is 5.82. The monoisotopic (exact) mass is 487 g/mol. The number of halogens is 3. The number of nitrogens with one attached hydrogen (secondary N) is 1. The van der Waals surface area contributed by atoms with E-state index in [1.165, 1.54) is 37.0 Å². The van der Waals surface area contributed by atoms with Crippen LogP contribution in [0.2, 0.25) is 0 Å². The van der Waals surface area contributed by atoms with Crippen molar-refractivity contribution in [2.24, 2.45) is 5.73 Å². The second-order valence-electron chi connectivity index (χ2n) is 8.50. The molecule has 0 aliphatic heterocycles. The standard InChI is InChI=1S/C23H27F3N2O.C5H9N/c1-4-5-19(18-8-10-21(11-9-18)23(24,25)26)14-17-6-7-20(16-27-2)22(15-17)28(3)12-13-29;6-4-5-2-1-3-5/h6-15,27,29H,4-5,16H2,1-3H3;4H,1-3,6H2/b13-12-,19-14+;. The first-order valence-corrected chi connectivity index (χ1v) is 11.8. The van der Waals surface area contributed by atoms with Gasteiger partial charge in [0.1, 0.15) is 0 Å². The molecule has 0 heterocycles. The molecule has 4 nitrogen and oxygen atoms in total. The maximum absolute atomic E-state index is 12.9. The lowest BCUT2D eigenvalue weighted by molar-refractivity contribution is -0.137. The van der Waals surface area contributed by atoms with Gasteiger partial charge in [0.25, 0.3) is 0 Å². The summed E-state index contributed by atoms with van der Waals surface area (Å²) in [7, 11) is 3.71. The average molecular weight is 488 g/mol. The van der Waals surface area contributed by atoms with Gasteiger partial charge >= 0.3 is 6.18 Å². The van der Waals surface area contributed by atoms with Crippen molar-refractivity contribution in [3.63, 3.8) is 0 Å². The zero-order valence-corrected chi connectivity index (χ0v) is 20.7. The van der Waals surface area contributed by atoms with Crippen molar-refractivity contribution in [3.05, 3.63) is 89.0 Å². The van der Waals surface area contributed by atoms with Gasteiger partial charge < -0.3 is 21.1 Å². The Morgan fingerprint density at radius 1 is 1.14 bits per heavy atom. The lowest BCUT2D eigenvalue weighted by Crippen LogP contribution is -2.14. The summed E-state index contributed by atoms with van der Waals surface area (Å²) >= 11 is 0. The summed E-state index contributed by atoms with van der Waals surface area (Å²) in [6, 6.07) is 11.3. The molecule has 7 heteroatoms. The van der Waals surface area contributed by atoms with Crippen LogP contribution < -0.4 is 16.0 Å². The van der Waals surface area contributed by atoms with E-state index < -0.39 is 11.7 Å². The highest BCUT2D eigenvalue weighted by Gasteiger charge is 2.30. The van der Waals surface area contributed by atoms with Crippen LogP contribution in [0.4, 0.5) is 18.9 Å². The van der Waals surface area contributed by atoms with Gasteiger partial charge in [-0.05, 0) is 79.4 Å². The molecule has 0 aromatic heterocycles. The Labute approximate surface area is 206 Å². The van der Waals surface area contributed by atoms with Crippen LogP contribution in [-0.2, 0) is 12.7 Å². The third kappa shape index (κ3) is 8.51. The van der Waals surface area contributed by atoms with Gasteiger partial charge in [-0.3, -0.25) is 0 Å². The number of benzene rings is 2. The molecule has 2 aromatic carbocycles. The number of anilines is 1. The summed E-state index contributed by atoms with van der Waals surface area (Å²) in [5.74, 6) is 0. The summed E-state index contributed by atoms with van der Waals surface area (Å²) in [6.45, 7) is 2.71. The average Bonchev–Trinajstić information content (AvgIpc) is 2.79. The van der Waals surface area contributed by atoms with Gasteiger partial charge in [0, 0.05) is 25.5 Å². The first-order valence-electron chi connectivity index (χ1n) is 11.8. The van der Waals surface area contributed by atoms with Crippen molar-refractivity contribution < 1.29 is 18.3 Å². The molecule has 1 fully saturated rings. The van der Waals surface area contributed by atoms with Gasteiger partial charge in [-0.25, -0.2) is 0 Å². The van der Waals surface area contributed by atoms with Crippen LogP contribution in [0.25, 0.3) is 11.6 Å². The van der Waals surface area contributed by atoms with Gasteiger partial charge in [-0.1, -0.05) is 49.3 Å². The third-order valence-electron chi connectivity index (χ3n) is 5.82. The van der Waals surface area contributed by atoms with Gasteiger partial charge in [-0.2, -0.15) is 13.2 Å². The minimum absolute atomic E-state index is 0.645. The van der Waals surface area contributed by atoms with Gasteiger partial charge in [0.15, 0.2) is 0 Å². The molecule has 0 saturated heterocycles. The summed E-state index contributed by atoms with van der Waals surface area (Å²) in [4.78, 5) is 1.82. The number of allylic oxidation sites excluding steroid dienone is 2. The number of alkyl halides is 3. The molecule has 0 unspecified atom stereocenters. The van der Waals surface area contributed by atoms with Crippen molar-refractivity contribution in [3.8, 4) is 0 Å². The fourth-order valence-electron chi connectivity index (χ4n) is 3.71. The summed E-state index contributed by atoms with van der Waals surface area (Å²) in [5.41, 5.74) is 10.7. The smallest absolute Gasteiger partial charge is 0.416 e. The molecule has 190 valence electrons. The van der Waals surface area contributed by atoms with Crippen LogP contribution in [-0.4, -0.2) is 19.2 Å². The molecule has 0 bridgehead atoms. The zero-order chi connectivity index (χ0) is 25.8. The van der Waals surface area contributed by atoms with E-state index in [1.54, 1.807) is 12.4 Å². The Balaban J connectivity index is 0.000000625. The predicted molar refractivity (Wildman–Crippen MR) is 140 cm³/mol. The Morgan fingerprint density at radius 2 is 1.83 bits per heavy atom. The zero-order valence-electron chi connectivity index (χ0n) is 20.7. The molecule has 1 aliphatic rings. The number of rotatable bonds is 8.